The second kappa shape index (κ2) is 5.12. The van der Waals surface area contributed by atoms with Gasteiger partial charge in [0.05, 0.1) is 16.4 Å². The van der Waals surface area contributed by atoms with Crippen molar-refractivity contribution in [3.8, 4) is 0 Å². The van der Waals surface area contributed by atoms with E-state index in [1.165, 1.54) is 0 Å². The highest BCUT2D eigenvalue weighted by Crippen LogP contribution is 2.28. The van der Waals surface area contributed by atoms with Crippen molar-refractivity contribution in [3.63, 3.8) is 0 Å². The molecule has 3 nitrogen and oxygen atoms in total. The molecule has 1 heterocycles. The van der Waals surface area contributed by atoms with Gasteiger partial charge in [-0.15, -0.1) is 0 Å². The van der Waals surface area contributed by atoms with Gasteiger partial charge in [0.15, 0.2) is 0 Å². The smallest absolute Gasteiger partial charge is 0.144 e. The Morgan fingerprint density at radius 3 is 2.35 bits per heavy atom. The van der Waals surface area contributed by atoms with Crippen LogP contribution in [0.4, 0.5) is 17.2 Å². The molecule has 0 unspecified atom stereocenters. The van der Waals surface area contributed by atoms with Gasteiger partial charge in [-0.05, 0) is 40.2 Å². The van der Waals surface area contributed by atoms with Crippen molar-refractivity contribution in [1.29, 1.82) is 0 Å². The van der Waals surface area contributed by atoms with Crippen LogP contribution in [0.1, 0.15) is 0 Å². The second-order valence-electron chi connectivity index (χ2n) is 3.38. The minimum atomic E-state index is 0.562. The van der Waals surface area contributed by atoms with Crippen molar-refractivity contribution in [2.24, 2.45) is 0 Å². The average molecular weight is 333 g/mol. The fourth-order valence-electron chi connectivity index (χ4n) is 1.31. The van der Waals surface area contributed by atoms with Gasteiger partial charge in [0.25, 0.3) is 0 Å². The minimum absolute atomic E-state index is 0.562. The lowest BCUT2D eigenvalue weighted by Gasteiger charge is -2.08. The molecule has 0 radical (unpaired) electrons. The zero-order valence-corrected chi connectivity index (χ0v) is 11.6. The van der Waals surface area contributed by atoms with Crippen LogP contribution in [0.5, 0.6) is 0 Å². The molecular formula is C11H8BrCl2N3. The Morgan fingerprint density at radius 1 is 1.12 bits per heavy atom. The summed E-state index contributed by atoms with van der Waals surface area (Å²) in [5.41, 5.74) is 6.96. The van der Waals surface area contributed by atoms with E-state index in [2.05, 4.69) is 26.2 Å². The molecule has 88 valence electrons. The van der Waals surface area contributed by atoms with E-state index in [4.69, 9.17) is 28.9 Å². The Bertz CT molecular complexity index is 540. The number of pyridine rings is 1. The first kappa shape index (κ1) is 12.5. The molecule has 0 saturated heterocycles. The fraction of sp³-hybridized carbons (Fsp3) is 0. The quantitative estimate of drug-likeness (QED) is 0.852. The monoisotopic (exact) mass is 331 g/mol. The van der Waals surface area contributed by atoms with Gasteiger partial charge in [-0.3, -0.25) is 0 Å². The summed E-state index contributed by atoms with van der Waals surface area (Å²) in [6.07, 6.45) is 1.57. The summed E-state index contributed by atoms with van der Waals surface area (Å²) in [6.45, 7) is 0. The number of rotatable bonds is 2. The third-order valence-corrected chi connectivity index (χ3v) is 3.03. The zero-order chi connectivity index (χ0) is 12.4. The Hall–Kier alpha value is -0.970. The van der Waals surface area contributed by atoms with Gasteiger partial charge in [0, 0.05) is 15.7 Å². The SMILES string of the molecule is Nc1cnc(Nc2cc(Cl)cc(Cl)c2)c(Br)c1. The van der Waals surface area contributed by atoms with Gasteiger partial charge in [-0.25, -0.2) is 4.98 Å². The van der Waals surface area contributed by atoms with E-state index in [1.54, 1.807) is 30.5 Å². The number of hydrogen-bond donors (Lipinski definition) is 2. The lowest BCUT2D eigenvalue weighted by atomic mass is 10.3. The van der Waals surface area contributed by atoms with Gasteiger partial charge >= 0.3 is 0 Å². The standard InChI is InChI=1S/C11H8BrCl2N3/c12-10-4-8(15)5-16-11(10)17-9-2-6(13)1-7(14)3-9/h1-5H,15H2,(H,16,17). The third kappa shape index (κ3) is 3.25. The van der Waals surface area contributed by atoms with E-state index in [-0.39, 0.29) is 0 Å². The lowest BCUT2D eigenvalue weighted by molar-refractivity contribution is 1.29. The van der Waals surface area contributed by atoms with Gasteiger partial charge < -0.3 is 11.1 Å². The number of hydrogen-bond acceptors (Lipinski definition) is 3. The number of halogens is 3. The van der Waals surface area contributed by atoms with Crippen LogP contribution in [0.25, 0.3) is 0 Å². The van der Waals surface area contributed by atoms with Crippen LogP contribution >= 0.6 is 39.1 Å². The van der Waals surface area contributed by atoms with Crippen LogP contribution in [0.15, 0.2) is 34.9 Å². The summed E-state index contributed by atoms with van der Waals surface area (Å²) in [7, 11) is 0. The number of nitrogens with zero attached hydrogens (tertiary/aromatic N) is 1. The number of aromatic nitrogens is 1. The van der Waals surface area contributed by atoms with Crippen LogP contribution < -0.4 is 11.1 Å². The molecule has 6 heteroatoms. The van der Waals surface area contributed by atoms with Crippen molar-refractivity contribution in [1.82, 2.24) is 4.98 Å². The average Bonchev–Trinajstić information content (AvgIpc) is 2.21. The maximum absolute atomic E-state index is 5.90. The molecule has 0 fully saturated rings. The third-order valence-electron chi connectivity index (χ3n) is 1.99. The van der Waals surface area contributed by atoms with Crippen LogP contribution in [0.2, 0.25) is 10.0 Å². The van der Waals surface area contributed by atoms with Crippen molar-refractivity contribution < 1.29 is 0 Å². The maximum Gasteiger partial charge on any atom is 0.144 e. The summed E-state index contributed by atoms with van der Waals surface area (Å²) in [6, 6.07) is 6.96. The first-order chi connectivity index (χ1) is 8.04. The number of nitrogen functional groups attached to an aromatic ring is 1. The summed E-state index contributed by atoms with van der Waals surface area (Å²) in [5, 5.41) is 4.22. The molecule has 1 aromatic carbocycles. The first-order valence-electron chi connectivity index (χ1n) is 4.69. The number of anilines is 3. The first-order valence-corrected chi connectivity index (χ1v) is 6.23. The van der Waals surface area contributed by atoms with E-state index in [0.29, 0.717) is 21.6 Å². The molecule has 0 aliphatic rings. The van der Waals surface area contributed by atoms with Crippen molar-refractivity contribution in [2.45, 2.75) is 0 Å². The largest absolute Gasteiger partial charge is 0.397 e. The summed E-state index contributed by atoms with van der Waals surface area (Å²) < 4.78 is 0.772. The van der Waals surface area contributed by atoms with Gasteiger partial charge in [-0.1, -0.05) is 23.2 Å². The lowest BCUT2D eigenvalue weighted by Crippen LogP contribution is -1.96. The van der Waals surface area contributed by atoms with Gasteiger partial charge in [0.2, 0.25) is 0 Å². The molecule has 2 aromatic rings. The number of nitrogens with two attached hydrogens (primary N) is 1. The molecule has 1 aromatic heterocycles. The maximum atomic E-state index is 5.90. The van der Waals surface area contributed by atoms with E-state index in [1.807, 2.05) is 0 Å². The number of nitrogens with one attached hydrogen (secondary N) is 1. The van der Waals surface area contributed by atoms with Crippen LogP contribution in [-0.2, 0) is 0 Å². The molecule has 0 saturated carbocycles. The Kier molecular flexibility index (Phi) is 3.76. The predicted octanol–water partition coefficient (Wildman–Crippen LogP) is 4.48. The molecular weight excluding hydrogens is 325 g/mol. The van der Waals surface area contributed by atoms with E-state index >= 15 is 0 Å². The second-order valence-corrected chi connectivity index (χ2v) is 5.11. The predicted molar refractivity (Wildman–Crippen MR) is 76.1 cm³/mol. The van der Waals surface area contributed by atoms with Crippen LogP contribution in [0.3, 0.4) is 0 Å². The van der Waals surface area contributed by atoms with E-state index in [0.717, 1.165) is 10.2 Å². The normalized spacial score (nSPS) is 10.3. The minimum Gasteiger partial charge on any atom is -0.397 e. The fourth-order valence-corrected chi connectivity index (χ4v) is 2.30. The molecule has 0 aliphatic carbocycles. The van der Waals surface area contributed by atoms with Gasteiger partial charge in [0.1, 0.15) is 5.82 Å². The zero-order valence-electron chi connectivity index (χ0n) is 8.55. The molecule has 17 heavy (non-hydrogen) atoms. The Balaban J connectivity index is 2.31. The molecule has 0 aliphatic heterocycles. The Morgan fingerprint density at radius 2 is 1.76 bits per heavy atom. The van der Waals surface area contributed by atoms with Crippen LogP contribution in [0, 0.1) is 0 Å². The van der Waals surface area contributed by atoms with E-state index < -0.39 is 0 Å². The number of benzene rings is 1. The molecule has 0 amide bonds. The molecule has 0 bridgehead atoms. The summed E-state index contributed by atoms with van der Waals surface area (Å²) in [4.78, 5) is 4.16. The Labute approximate surface area is 117 Å². The highest BCUT2D eigenvalue weighted by molar-refractivity contribution is 9.10. The molecule has 0 atom stereocenters. The highest BCUT2D eigenvalue weighted by Gasteiger charge is 2.04. The molecule has 3 N–H and O–H groups in total. The van der Waals surface area contributed by atoms with E-state index in [9.17, 15) is 0 Å². The highest BCUT2D eigenvalue weighted by atomic mass is 79.9. The topological polar surface area (TPSA) is 50.9 Å². The summed E-state index contributed by atoms with van der Waals surface area (Å²) in [5.74, 6) is 0.650. The van der Waals surface area contributed by atoms with Crippen molar-refractivity contribution in [3.05, 3.63) is 45.0 Å². The van der Waals surface area contributed by atoms with Crippen molar-refractivity contribution >= 4 is 56.3 Å². The summed E-state index contributed by atoms with van der Waals surface area (Å²) >= 11 is 15.2. The van der Waals surface area contributed by atoms with Crippen LogP contribution in [-0.4, -0.2) is 4.98 Å². The van der Waals surface area contributed by atoms with Gasteiger partial charge in [-0.2, -0.15) is 0 Å². The molecule has 0 spiro atoms. The van der Waals surface area contributed by atoms with Crippen molar-refractivity contribution in [2.75, 3.05) is 11.1 Å². The molecule has 2 rings (SSSR count).